The summed E-state index contributed by atoms with van der Waals surface area (Å²) in [4.78, 5) is 12.7. The lowest BCUT2D eigenvalue weighted by Crippen LogP contribution is -2.26. The lowest BCUT2D eigenvalue weighted by Gasteiger charge is -2.06. The summed E-state index contributed by atoms with van der Waals surface area (Å²) in [5.74, 6) is 0.0749. The minimum atomic E-state index is -0.207. The van der Waals surface area contributed by atoms with Gasteiger partial charge in [0, 0.05) is 27.1 Å². The van der Waals surface area contributed by atoms with Crippen LogP contribution in [0.4, 0.5) is 0 Å². The van der Waals surface area contributed by atoms with Crippen molar-refractivity contribution in [2.45, 2.75) is 11.8 Å². The van der Waals surface area contributed by atoms with Gasteiger partial charge in [0.05, 0.1) is 17.3 Å². The Hall–Kier alpha value is -1.66. The maximum atomic E-state index is 11.7. The first-order valence-corrected chi connectivity index (χ1v) is 8.65. The van der Waals surface area contributed by atoms with E-state index >= 15 is 0 Å². The minimum Gasteiger partial charge on any atom is -0.465 e. The van der Waals surface area contributed by atoms with Crippen molar-refractivity contribution in [3.8, 4) is 0 Å². The van der Waals surface area contributed by atoms with Crippen LogP contribution in [0.2, 0.25) is 0 Å². The molecule has 0 N–H and O–H groups in total. The molecule has 0 aliphatic heterocycles. The van der Waals surface area contributed by atoms with Crippen LogP contribution >= 0.6 is 27.7 Å². The molecule has 22 heavy (non-hydrogen) atoms. The highest BCUT2D eigenvalue weighted by Gasteiger charge is 2.17. The summed E-state index contributed by atoms with van der Waals surface area (Å²) in [6.07, 6.45) is 1.91. The van der Waals surface area contributed by atoms with E-state index in [2.05, 4.69) is 21.0 Å². The molecule has 0 saturated heterocycles. The molecule has 0 bridgehead atoms. The van der Waals surface area contributed by atoms with Gasteiger partial charge in [-0.1, -0.05) is 20.4 Å². The molecule has 3 aromatic rings. The van der Waals surface area contributed by atoms with Gasteiger partial charge in [-0.15, -0.1) is 11.8 Å². The molecule has 0 fully saturated rings. The van der Waals surface area contributed by atoms with Crippen LogP contribution in [0.5, 0.6) is 0 Å². The molecule has 1 aromatic carbocycles. The Labute approximate surface area is 140 Å². The standard InChI is InChI=1S/C16H14BrN2O2S/c1-2-21-15(20)10-22-16-12-9-11(17)6-7-13(12)18-19-8-4-3-5-14(16)19/h3-9H,2,10H2,1H3/q+1. The third-order valence-corrected chi connectivity index (χ3v) is 4.72. The summed E-state index contributed by atoms with van der Waals surface area (Å²) in [6, 6.07) is 11.9. The number of benzene rings is 1. The first kappa shape index (κ1) is 15.2. The summed E-state index contributed by atoms with van der Waals surface area (Å²) in [6.45, 7) is 2.21. The van der Waals surface area contributed by atoms with Crippen LogP contribution in [0.1, 0.15) is 6.92 Å². The lowest BCUT2D eigenvalue weighted by molar-refractivity contribution is -0.579. The number of carbonyl (C=O) groups excluding carboxylic acids is 1. The number of aromatic nitrogens is 2. The highest BCUT2D eigenvalue weighted by molar-refractivity contribution is 9.10. The van der Waals surface area contributed by atoms with E-state index in [-0.39, 0.29) is 11.7 Å². The number of thioether (sulfide) groups is 1. The molecule has 0 amide bonds. The van der Waals surface area contributed by atoms with Crippen LogP contribution < -0.4 is 4.52 Å². The summed E-state index contributed by atoms with van der Waals surface area (Å²) >= 11 is 4.98. The van der Waals surface area contributed by atoms with E-state index in [1.54, 1.807) is 0 Å². The number of halogens is 1. The number of esters is 1. The number of hydrogen-bond acceptors (Lipinski definition) is 4. The van der Waals surface area contributed by atoms with E-state index < -0.39 is 0 Å². The number of ether oxygens (including phenoxy) is 1. The molecule has 0 aliphatic rings. The van der Waals surface area contributed by atoms with Crippen LogP contribution in [-0.4, -0.2) is 23.4 Å². The third-order valence-electron chi connectivity index (χ3n) is 3.13. The molecule has 2 aromatic heterocycles. The Morgan fingerprint density at radius 1 is 1.36 bits per heavy atom. The van der Waals surface area contributed by atoms with Gasteiger partial charge in [0.1, 0.15) is 5.52 Å². The number of carbonyl (C=O) groups is 1. The van der Waals surface area contributed by atoms with E-state index in [1.165, 1.54) is 11.8 Å². The quantitative estimate of drug-likeness (QED) is 0.302. The second-order valence-corrected chi connectivity index (χ2v) is 6.52. The Balaban J connectivity index is 2.13. The van der Waals surface area contributed by atoms with Crippen molar-refractivity contribution in [1.82, 2.24) is 5.10 Å². The van der Waals surface area contributed by atoms with E-state index in [0.29, 0.717) is 6.61 Å². The van der Waals surface area contributed by atoms with Crippen molar-refractivity contribution >= 4 is 50.1 Å². The predicted molar refractivity (Wildman–Crippen MR) is 90.0 cm³/mol. The summed E-state index contributed by atoms with van der Waals surface area (Å²) in [5, 5.41) is 5.63. The fraction of sp³-hybridized carbons (Fsp3) is 0.188. The molecule has 4 nitrogen and oxygen atoms in total. The molecule has 6 heteroatoms. The van der Waals surface area contributed by atoms with Crippen LogP contribution in [-0.2, 0) is 9.53 Å². The molecule has 0 unspecified atom stereocenters. The number of hydrogen-bond donors (Lipinski definition) is 0. The number of pyridine rings is 1. The van der Waals surface area contributed by atoms with Gasteiger partial charge in [-0.2, -0.15) is 0 Å². The van der Waals surface area contributed by atoms with E-state index in [9.17, 15) is 4.79 Å². The topological polar surface area (TPSA) is 43.3 Å². The van der Waals surface area contributed by atoms with E-state index in [0.717, 1.165) is 25.8 Å². The predicted octanol–water partition coefficient (Wildman–Crippen LogP) is 3.39. The van der Waals surface area contributed by atoms with Crippen LogP contribution in [0.15, 0.2) is 52.0 Å². The summed E-state index contributed by atoms with van der Waals surface area (Å²) in [5.41, 5.74) is 1.86. The maximum absolute atomic E-state index is 11.7. The van der Waals surface area contributed by atoms with Gasteiger partial charge in [-0.25, -0.2) is 0 Å². The highest BCUT2D eigenvalue weighted by Crippen LogP contribution is 2.31. The van der Waals surface area contributed by atoms with Crippen molar-refractivity contribution in [3.05, 3.63) is 47.1 Å². The largest absolute Gasteiger partial charge is 0.465 e. The molecule has 0 atom stereocenters. The molecule has 0 spiro atoms. The Morgan fingerprint density at radius 2 is 2.23 bits per heavy atom. The Morgan fingerprint density at radius 3 is 3.05 bits per heavy atom. The molecule has 0 aliphatic carbocycles. The van der Waals surface area contributed by atoms with Gasteiger partial charge >= 0.3 is 5.97 Å². The van der Waals surface area contributed by atoms with Crippen LogP contribution in [0.3, 0.4) is 0 Å². The SMILES string of the molecule is CCOC(=O)CSc1c2cc(Br)ccc2n[n+]2ccccc12. The number of fused-ring (bicyclic) bond motifs is 2. The maximum Gasteiger partial charge on any atom is 0.316 e. The molecule has 0 radical (unpaired) electrons. The third kappa shape index (κ3) is 3.08. The highest BCUT2D eigenvalue weighted by atomic mass is 79.9. The molecule has 3 rings (SSSR count). The average Bonchev–Trinajstić information content (AvgIpc) is 2.52. The van der Waals surface area contributed by atoms with Crippen molar-refractivity contribution < 1.29 is 14.0 Å². The zero-order chi connectivity index (χ0) is 15.5. The summed E-state index contributed by atoms with van der Waals surface area (Å²) in [7, 11) is 0. The Kier molecular flexibility index (Phi) is 4.59. The van der Waals surface area contributed by atoms with Gasteiger partial charge in [-0.3, -0.25) is 4.79 Å². The van der Waals surface area contributed by atoms with Gasteiger partial charge in [-0.05, 0) is 31.2 Å². The molecular weight excluding hydrogens is 364 g/mol. The van der Waals surface area contributed by atoms with Crippen molar-refractivity contribution in [2.75, 3.05) is 12.4 Å². The monoisotopic (exact) mass is 377 g/mol. The van der Waals surface area contributed by atoms with Crippen LogP contribution in [0, 0.1) is 0 Å². The zero-order valence-corrected chi connectivity index (χ0v) is 14.4. The molecular formula is C16H14BrN2O2S+. The second-order valence-electron chi connectivity index (χ2n) is 4.61. The fourth-order valence-corrected chi connectivity index (χ4v) is 3.55. The normalized spacial score (nSPS) is 11.0. The van der Waals surface area contributed by atoms with Gasteiger partial charge in [0.25, 0.3) is 5.52 Å². The molecule has 0 saturated carbocycles. The molecule has 2 heterocycles. The first-order chi connectivity index (χ1) is 10.7. The lowest BCUT2D eigenvalue weighted by atomic mass is 10.2. The second kappa shape index (κ2) is 6.62. The zero-order valence-electron chi connectivity index (χ0n) is 12.0. The summed E-state index contributed by atoms with van der Waals surface area (Å²) < 4.78 is 7.84. The average molecular weight is 378 g/mol. The fourth-order valence-electron chi connectivity index (χ4n) is 2.22. The smallest absolute Gasteiger partial charge is 0.316 e. The van der Waals surface area contributed by atoms with Gasteiger partial charge < -0.3 is 4.74 Å². The first-order valence-electron chi connectivity index (χ1n) is 6.87. The van der Waals surface area contributed by atoms with Gasteiger partial charge in [0.2, 0.25) is 6.20 Å². The number of nitrogens with zero attached hydrogens (tertiary/aromatic N) is 2. The van der Waals surface area contributed by atoms with E-state index in [1.807, 2.05) is 54.0 Å². The Bertz CT molecular complexity index is 854. The van der Waals surface area contributed by atoms with Crippen molar-refractivity contribution in [2.24, 2.45) is 0 Å². The molecule has 112 valence electrons. The number of rotatable bonds is 4. The van der Waals surface area contributed by atoms with Crippen molar-refractivity contribution in [1.29, 1.82) is 0 Å². The van der Waals surface area contributed by atoms with Crippen molar-refractivity contribution in [3.63, 3.8) is 0 Å². The van der Waals surface area contributed by atoms with Crippen LogP contribution in [0.25, 0.3) is 16.4 Å². The van der Waals surface area contributed by atoms with Gasteiger partial charge in [0.15, 0.2) is 0 Å². The van der Waals surface area contributed by atoms with E-state index in [4.69, 9.17) is 4.74 Å². The minimum absolute atomic E-state index is 0.207.